The predicted molar refractivity (Wildman–Crippen MR) is 109 cm³/mol. The van der Waals surface area contributed by atoms with Gasteiger partial charge >= 0.3 is 0 Å². The Morgan fingerprint density at radius 3 is 2.50 bits per heavy atom. The molecule has 0 saturated carbocycles. The van der Waals surface area contributed by atoms with Crippen molar-refractivity contribution in [3.63, 3.8) is 0 Å². The maximum absolute atomic E-state index is 13.3. The molecule has 28 heavy (non-hydrogen) atoms. The number of hydrogen-bond donors (Lipinski definition) is 1. The van der Waals surface area contributed by atoms with Crippen molar-refractivity contribution in [3.8, 4) is 28.4 Å². The smallest absolute Gasteiger partial charge is 0.139 e. The van der Waals surface area contributed by atoms with Gasteiger partial charge in [-0.1, -0.05) is 18.2 Å². The normalized spacial score (nSPS) is 11.2. The molecule has 0 unspecified atom stereocenters. The first-order valence-electron chi connectivity index (χ1n) is 8.91. The van der Waals surface area contributed by atoms with E-state index in [2.05, 4.69) is 4.98 Å². The van der Waals surface area contributed by atoms with E-state index in [1.807, 2.05) is 48.5 Å². The number of aromatic nitrogens is 3. The minimum atomic E-state index is -0.268. The van der Waals surface area contributed by atoms with Crippen molar-refractivity contribution in [3.05, 3.63) is 78.6 Å². The van der Waals surface area contributed by atoms with Gasteiger partial charge in [-0.15, -0.1) is 0 Å². The molecule has 0 saturated heterocycles. The summed E-state index contributed by atoms with van der Waals surface area (Å²) in [4.78, 5) is 12.9. The summed E-state index contributed by atoms with van der Waals surface area (Å²) >= 11 is 0. The molecule has 0 atom stereocenters. The molecule has 0 fully saturated rings. The lowest BCUT2D eigenvalue weighted by Gasteiger charge is -2.08. The van der Waals surface area contributed by atoms with Crippen LogP contribution in [-0.4, -0.2) is 22.1 Å². The van der Waals surface area contributed by atoms with Gasteiger partial charge in [0, 0.05) is 22.6 Å². The first-order valence-corrected chi connectivity index (χ1v) is 8.91. The van der Waals surface area contributed by atoms with Gasteiger partial charge in [0.2, 0.25) is 0 Å². The molecule has 3 aromatic carbocycles. The lowest BCUT2D eigenvalue weighted by molar-refractivity contribution is 0.415. The van der Waals surface area contributed by atoms with Crippen LogP contribution in [0, 0.1) is 5.82 Å². The molecule has 0 bridgehead atoms. The van der Waals surface area contributed by atoms with Crippen molar-refractivity contribution in [2.45, 2.75) is 0 Å². The SMILES string of the molecule is COc1ccc2nc(-c3cc(-c4ccc(F)cc4)nc4ccccc34)[nH]c2c1. The Bertz CT molecular complexity index is 1310. The first-order chi connectivity index (χ1) is 13.7. The molecule has 2 heterocycles. The molecule has 5 aromatic rings. The zero-order valence-corrected chi connectivity index (χ0v) is 15.1. The molecule has 4 nitrogen and oxygen atoms in total. The second-order valence-electron chi connectivity index (χ2n) is 6.55. The third-order valence-electron chi connectivity index (χ3n) is 4.80. The summed E-state index contributed by atoms with van der Waals surface area (Å²) in [6.07, 6.45) is 0. The molecule has 5 rings (SSSR count). The molecule has 0 radical (unpaired) electrons. The van der Waals surface area contributed by atoms with Crippen LogP contribution >= 0.6 is 0 Å². The average Bonchev–Trinajstić information content (AvgIpc) is 3.16. The van der Waals surface area contributed by atoms with Crippen LogP contribution in [0.1, 0.15) is 0 Å². The number of hydrogen-bond acceptors (Lipinski definition) is 3. The number of para-hydroxylation sites is 1. The highest BCUT2D eigenvalue weighted by molar-refractivity contribution is 5.96. The van der Waals surface area contributed by atoms with E-state index in [0.717, 1.165) is 50.3 Å². The highest BCUT2D eigenvalue weighted by atomic mass is 19.1. The van der Waals surface area contributed by atoms with Gasteiger partial charge in [-0.25, -0.2) is 14.4 Å². The van der Waals surface area contributed by atoms with Crippen LogP contribution in [0.2, 0.25) is 0 Å². The van der Waals surface area contributed by atoms with Crippen molar-refractivity contribution in [1.82, 2.24) is 15.0 Å². The van der Waals surface area contributed by atoms with Crippen LogP contribution in [0.15, 0.2) is 72.8 Å². The van der Waals surface area contributed by atoms with E-state index in [0.29, 0.717) is 0 Å². The summed E-state index contributed by atoms with van der Waals surface area (Å²) in [5.74, 6) is 1.26. The number of aromatic amines is 1. The molecule has 0 aliphatic heterocycles. The molecule has 2 aromatic heterocycles. The Balaban J connectivity index is 1.74. The van der Waals surface area contributed by atoms with Crippen molar-refractivity contribution < 1.29 is 9.13 Å². The zero-order valence-electron chi connectivity index (χ0n) is 15.1. The average molecular weight is 369 g/mol. The molecule has 0 spiro atoms. The molecule has 0 amide bonds. The van der Waals surface area contributed by atoms with Crippen molar-refractivity contribution >= 4 is 21.9 Å². The number of ether oxygens (including phenoxy) is 1. The van der Waals surface area contributed by atoms with Crippen LogP contribution in [0.25, 0.3) is 44.6 Å². The Labute approximate surface area is 160 Å². The number of benzene rings is 3. The number of imidazole rings is 1. The van der Waals surface area contributed by atoms with Crippen LogP contribution in [0.5, 0.6) is 5.75 Å². The Morgan fingerprint density at radius 1 is 0.857 bits per heavy atom. The first kappa shape index (κ1) is 16.4. The maximum Gasteiger partial charge on any atom is 0.139 e. The quantitative estimate of drug-likeness (QED) is 0.451. The number of pyridine rings is 1. The van der Waals surface area contributed by atoms with Crippen LogP contribution < -0.4 is 4.74 Å². The Hall–Kier alpha value is -3.73. The summed E-state index contributed by atoms with van der Waals surface area (Å²) in [7, 11) is 1.64. The van der Waals surface area contributed by atoms with Crippen LogP contribution in [-0.2, 0) is 0 Å². The lowest BCUT2D eigenvalue weighted by atomic mass is 10.0. The monoisotopic (exact) mass is 369 g/mol. The third-order valence-corrected chi connectivity index (χ3v) is 4.80. The van der Waals surface area contributed by atoms with Gasteiger partial charge in [0.1, 0.15) is 17.4 Å². The van der Waals surface area contributed by atoms with Gasteiger partial charge in [-0.3, -0.25) is 0 Å². The summed E-state index contributed by atoms with van der Waals surface area (Å²) in [6, 6.07) is 22.0. The number of H-pyrrole nitrogens is 1. The molecule has 1 N–H and O–H groups in total. The van der Waals surface area contributed by atoms with Gasteiger partial charge in [-0.05, 0) is 48.5 Å². The largest absolute Gasteiger partial charge is 0.497 e. The van der Waals surface area contributed by atoms with Gasteiger partial charge in [0.05, 0.1) is 29.4 Å². The summed E-state index contributed by atoms with van der Waals surface area (Å²) in [5.41, 5.74) is 5.19. The fourth-order valence-electron chi connectivity index (χ4n) is 3.38. The third kappa shape index (κ3) is 2.77. The Morgan fingerprint density at radius 2 is 1.68 bits per heavy atom. The summed E-state index contributed by atoms with van der Waals surface area (Å²) in [5, 5.41) is 0.999. The standard InChI is InChI=1S/C23H16FN3O/c1-28-16-10-11-20-22(12-16)27-23(26-20)18-13-21(14-6-8-15(24)9-7-14)25-19-5-3-2-4-17(18)19/h2-13H,1H3,(H,26,27). The molecule has 136 valence electrons. The number of rotatable bonds is 3. The van der Waals surface area contributed by atoms with Crippen LogP contribution in [0.3, 0.4) is 0 Å². The van der Waals surface area contributed by atoms with E-state index < -0.39 is 0 Å². The number of methoxy groups -OCH3 is 1. The predicted octanol–water partition coefficient (Wildman–Crippen LogP) is 5.59. The van der Waals surface area contributed by atoms with E-state index in [-0.39, 0.29) is 5.82 Å². The van der Waals surface area contributed by atoms with Gasteiger partial charge in [0.25, 0.3) is 0 Å². The van der Waals surface area contributed by atoms with Crippen molar-refractivity contribution in [1.29, 1.82) is 0 Å². The van der Waals surface area contributed by atoms with Crippen LogP contribution in [0.4, 0.5) is 4.39 Å². The van der Waals surface area contributed by atoms with Crippen molar-refractivity contribution in [2.24, 2.45) is 0 Å². The fourth-order valence-corrected chi connectivity index (χ4v) is 3.38. The van der Waals surface area contributed by atoms with E-state index in [9.17, 15) is 4.39 Å². The Kier molecular flexibility index (Phi) is 3.79. The molecular weight excluding hydrogens is 353 g/mol. The van der Waals surface area contributed by atoms with Gasteiger partial charge in [-0.2, -0.15) is 0 Å². The minimum absolute atomic E-state index is 0.268. The van der Waals surface area contributed by atoms with Crippen molar-refractivity contribution in [2.75, 3.05) is 7.11 Å². The second kappa shape index (κ2) is 6.46. The minimum Gasteiger partial charge on any atom is -0.497 e. The highest BCUT2D eigenvalue weighted by Crippen LogP contribution is 2.32. The number of nitrogens with one attached hydrogen (secondary N) is 1. The van der Waals surface area contributed by atoms with E-state index in [1.54, 1.807) is 19.2 Å². The second-order valence-corrected chi connectivity index (χ2v) is 6.55. The molecule has 0 aliphatic rings. The summed E-state index contributed by atoms with van der Waals surface area (Å²) in [6.45, 7) is 0. The van der Waals surface area contributed by atoms with E-state index >= 15 is 0 Å². The van der Waals surface area contributed by atoms with Gasteiger partial charge in [0.15, 0.2) is 0 Å². The number of halogens is 1. The topological polar surface area (TPSA) is 50.8 Å². The fraction of sp³-hybridized carbons (Fsp3) is 0.0435. The maximum atomic E-state index is 13.3. The van der Waals surface area contributed by atoms with E-state index in [4.69, 9.17) is 14.7 Å². The highest BCUT2D eigenvalue weighted by Gasteiger charge is 2.13. The summed E-state index contributed by atoms with van der Waals surface area (Å²) < 4.78 is 18.6. The number of nitrogens with zero attached hydrogens (tertiary/aromatic N) is 2. The lowest BCUT2D eigenvalue weighted by Crippen LogP contribution is -1.91. The zero-order chi connectivity index (χ0) is 19.1. The molecular formula is C23H16FN3O. The molecule has 5 heteroatoms. The molecule has 0 aliphatic carbocycles. The van der Waals surface area contributed by atoms with E-state index in [1.165, 1.54) is 12.1 Å². The van der Waals surface area contributed by atoms with Gasteiger partial charge < -0.3 is 9.72 Å². The number of fused-ring (bicyclic) bond motifs is 2.